The predicted molar refractivity (Wildman–Crippen MR) is 51.0 cm³/mol. The summed E-state index contributed by atoms with van der Waals surface area (Å²) in [6.07, 6.45) is 3.70. The number of aromatic nitrogens is 2. The molecule has 0 amide bonds. The molecule has 0 radical (unpaired) electrons. The summed E-state index contributed by atoms with van der Waals surface area (Å²) in [5, 5.41) is 4.03. The van der Waals surface area contributed by atoms with E-state index in [1.165, 1.54) is 25.0 Å². The van der Waals surface area contributed by atoms with Crippen molar-refractivity contribution < 1.29 is 4.52 Å². The van der Waals surface area contributed by atoms with Crippen molar-refractivity contribution in [2.24, 2.45) is 0 Å². The van der Waals surface area contributed by atoms with E-state index in [2.05, 4.69) is 10.1 Å². The minimum atomic E-state index is 0.532. The minimum absolute atomic E-state index is 0.532. The fourth-order valence-corrected chi connectivity index (χ4v) is 2.86. The zero-order chi connectivity index (χ0) is 8.67. The van der Waals surface area contributed by atoms with Crippen molar-refractivity contribution in [1.29, 1.82) is 0 Å². The van der Waals surface area contributed by atoms with Gasteiger partial charge in [-0.1, -0.05) is 5.16 Å². The van der Waals surface area contributed by atoms with E-state index in [4.69, 9.17) is 4.52 Å². The molecule has 1 aliphatic carbocycles. The van der Waals surface area contributed by atoms with Crippen LogP contribution in [0.4, 0.5) is 0 Å². The summed E-state index contributed by atoms with van der Waals surface area (Å²) >= 11 is 1.98. The summed E-state index contributed by atoms with van der Waals surface area (Å²) in [6.45, 7) is 0. The van der Waals surface area contributed by atoms with Crippen LogP contribution in [0.15, 0.2) is 4.52 Å². The maximum absolute atomic E-state index is 5.28. The second-order valence-corrected chi connectivity index (χ2v) is 4.98. The van der Waals surface area contributed by atoms with E-state index in [1.54, 1.807) is 0 Å². The van der Waals surface area contributed by atoms with Gasteiger partial charge in [0.05, 0.1) is 0 Å². The molecule has 2 heterocycles. The smallest absolute Gasteiger partial charge is 0.230 e. The molecule has 2 fully saturated rings. The van der Waals surface area contributed by atoms with Gasteiger partial charge in [-0.25, -0.2) is 0 Å². The molecule has 1 saturated heterocycles. The Bertz CT molecular complexity index is 302. The fourth-order valence-electron chi connectivity index (χ4n) is 1.65. The number of thioether (sulfide) groups is 1. The van der Waals surface area contributed by atoms with Crippen molar-refractivity contribution in [3.05, 3.63) is 11.7 Å². The summed E-state index contributed by atoms with van der Waals surface area (Å²) in [7, 11) is 0. The fraction of sp³-hybridized carbons (Fsp3) is 0.778. The van der Waals surface area contributed by atoms with E-state index in [0.29, 0.717) is 11.8 Å². The zero-order valence-electron chi connectivity index (χ0n) is 7.40. The van der Waals surface area contributed by atoms with Crippen LogP contribution in [0.1, 0.15) is 42.8 Å². The normalized spacial score (nSPS) is 28.2. The lowest BCUT2D eigenvalue weighted by Gasteiger charge is -1.97. The number of hydrogen-bond donors (Lipinski definition) is 0. The molecule has 1 atom stereocenters. The molecule has 0 aromatic carbocycles. The van der Waals surface area contributed by atoms with Crippen LogP contribution in [0.3, 0.4) is 0 Å². The van der Waals surface area contributed by atoms with E-state index < -0.39 is 0 Å². The van der Waals surface area contributed by atoms with E-state index >= 15 is 0 Å². The third-order valence-corrected chi connectivity index (χ3v) is 3.84. The first-order valence-electron chi connectivity index (χ1n) is 4.85. The Labute approximate surface area is 81.3 Å². The molecule has 4 heteroatoms. The Balaban J connectivity index is 1.79. The molecule has 0 bridgehead atoms. The van der Waals surface area contributed by atoms with Crippen molar-refractivity contribution in [2.45, 2.75) is 31.1 Å². The average Bonchev–Trinajstić information content (AvgIpc) is 2.72. The lowest BCUT2D eigenvalue weighted by atomic mass is 10.1. The quantitative estimate of drug-likeness (QED) is 0.726. The van der Waals surface area contributed by atoms with Crippen LogP contribution in [0, 0.1) is 0 Å². The second-order valence-electron chi connectivity index (χ2n) is 3.83. The lowest BCUT2D eigenvalue weighted by molar-refractivity contribution is 0.356. The summed E-state index contributed by atoms with van der Waals surface area (Å²) in [5.41, 5.74) is 0. The van der Waals surface area contributed by atoms with Gasteiger partial charge in [-0.3, -0.25) is 0 Å². The maximum Gasteiger partial charge on any atom is 0.230 e. The van der Waals surface area contributed by atoms with Crippen LogP contribution >= 0.6 is 11.8 Å². The monoisotopic (exact) mass is 196 g/mol. The van der Waals surface area contributed by atoms with Crippen LogP contribution in [-0.2, 0) is 0 Å². The summed E-state index contributed by atoms with van der Waals surface area (Å²) in [4.78, 5) is 4.46. The Morgan fingerprint density at radius 3 is 2.85 bits per heavy atom. The molecule has 13 heavy (non-hydrogen) atoms. The highest BCUT2D eigenvalue weighted by Crippen LogP contribution is 2.39. The first kappa shape index (κ1) is 7.85. The predicted octanol–water partition coefficient (Wildman–Crippen LogP) is 2.17. The molecule has 1 saturated carbocycles. The third-order valence-electron chi connectivity index (χ3n) is 2.68. The summed E-state index contributed by atoms with van der Waals surface area (Å²) in [6, 6.07) is 0. The van der Waals surface area contributed by atoms with Crippen LogP contribution in [0.5, 0.6) is 0 Å². The SMILES string of the molecule is C1CC(c2nc(C3CC3)no2)CS1. The topological polar surface area (TPSA) is 38.9 Å². The second kappa shape index (κ2) is 3.01. The third kappa shape index (κ3) is 1.47. The van der Waals surface area contributed by atoms with E-state index in [-0.39, 0.29) is 0 Å². The lowest BCUT2D eigenvalue weighted by Crippen LogP contribution is -1.96. The minimum Gasteiger partial charge on any atom is -0.339 e. The molecule has 70 valence electrons. The van der Waals surface area contributed by atoms with Gasteiger partial charge in [0.15, 0.2) is 5.82 Å². The summed E-state index contributed by atoms with van der Waals surface area (Å²) in [5.74, 6) is 5.38. The van der Waals surface area contributed by atoms with Gasteiger partial charge in [-0.2, -0.15) is 16.7 Å². The number of hydrogen-bond acceptors (Lipinski definition) is 4. The number of rotatable bonds is 2. The van der Waals surface area contributed by atoms with Crippen molar-refractivity contribution in [2.75, 3.05) is 11.5 Å². The van der Waals surface area contributed by atoms with Crippen molar-refractivity contribution in [3.8, 4) is 0 Å². The van der Waals surface area contributed by atoms with E-state index in [0.717, 1.165) is 17.5 Å². The number of nitrogens with zero attached hydrogens (tertiary/aromatic N) is 2. The largest absolute Gasteiger partial charge is 0.339 e. The van der Waals surface area contributed by atoms with Crippen molar-refractivity contribution in [3.63, 3.8) is 0 Å². The molecule has 2 aliphatic rings. The van der Waals surface area contributed by atoms with Crippen LogP contribution in [-0.4, -0.2) is 21.6 Å². The van der Waals surface area contributed by atoms with Gasteiger partial charge in [0, 0.05) is 17.6 Å². The molecule has 3 rings (SSSR count). The zero-order valence-corrected chi connectivity index (χ0v) is 8.22. The highest BCUT2D eigenvalue weighted by molar-refractivity contribution is 7.99. The van der Waals surface area contributed by atoms with Crippen LogP contribution in [0.25, 0.3) is 0 Å². The molecule has 0 N–H and O–H groups in total. The van der Waals surface area contributed by atoms with E-state index in [1.807, 2.05) is 11.8 Å². The first-order valence-corrected chi connectivity index (χ1v) is 6.00. The molecule has 1 aromatic rings. The average molecular weight is 196 g/mol. The molecular weight excluding hydrogens is 184 g/mol. The molecule has 1 unspecified atom stereocenters. The maximum atomic E-state index is 5.28. The Hall–Kier alpha value is -0.510. The van der Waals surface area contributed by atoms with E-state index in [9.17, 15) is 0 Å². The van der Waals surface area contributed by atoms with Gasteiger partial charge in [0.25, 0.3) is 0 Å². The highest BCUT2D eigenvalue weighted by atomic mass is 32.2. The molecule has 1 aliphatic heterocycles. The van der Waals surface area contributed by atoms with Gasteiger partial charge < -0.3 is 4.52 Å². The highest BCUT2D eigenvalue weighted by Gasteiger charge is 2.31. The molecule has 0 spiro atoms. The van der Waals surface area contributed by atoms with Crippen molar-refractivity contribution in [1.82, 2.24) is 10.1 Å². The molecule has 1 aromatic heterocycles. The van der Waals surface area contributed by atoms with Gasteiger partial charge in [0.2, 0.25) is 5.89 Å². The Morgan fingerprint density at radius 2 is 2.15 bits per heavy atom. The Kier molecular flexibility index (Phi) is 1.82. The van der Waals surface area contributed by atoms with Crippen molar-refractivity contribution >= 4 is 11.8 Å². The van der Waals surface area contributed by atoms with Gasteiger partial charge in [-0.05, 0) is 25.0 Å². The standard InChI is InChI=1S/C9H12N2OS/c1-2-6(1)8-10-9(12-11-8)7-3-4-13-5-7/h6-7H,1-5H2. The molecular formula is C9H12N2OS. The van der Waals surface area contributed by atoms with Crippen LogP contribution < -0.4 is 0 Å². The van der Waals surface area contributed by atoms with Gasteiger partial charge in [0.1, 0.15) is 0 Å². The summed E-state index contributed by atoms with van der Waals surface area (Å²) < 4.78 is 5.28. The molecule has 3 nitrogen and oxygen atoms in total. The van der Waals surface area contributed by atoms with Crippen LogP contribution in [0.2, 0.25) is 0 Å². The Morgan fingerprint density at radius 1 is 1.23 bits per heavy atom. The van der Waals surface area contributed by atoms with Gasteiger partial charge in [-0.15, -0.1) is 0 Å². The van der Waals surface area contributed by atoms with Gasteiger partial charge >= 0.3 is 0 Å². The first-order chi connectivity index (χ1) is 6.43.